The molecule has 1 aliphatic heterocycles. The summed E-state index contributed by atoms with van der Waals surface area (Å²) in [5.41, 5.74) is 2.17. The smallest absolute Gasteiger partial charge is 0.225 e. The molecule has 0 spiro atoms. The topological polar surface area (TPSA) is 56.2 Å². The molecular formula is C18H23N3O2. The molecule has 2 aromatic rings. The monoisotopic (exact) mass is 313 g/mol. The Hall–Kier alpha value is -2.14. The van der Waals surface area contributed by atoms with Gasteiger partial charge >= 0.3 is 0 Å². The molecule has 122 valence electrons. The second kappa shape index (κ2) is 6.96. The summed E-state index contributed by atoms with van der Waals surface area (Å²) < 4.78 is 7.42. The third kappa shape index (κ3) is 3.62. The van der Waals surface area contributed by atoms with Gasteiger partial charge in [-0.25, -0.2) is 4.98 Å². The molecule has 1 amide bonds. The lowest BCUT2D eigenvalue weighted by Crippen LogP contribution is -2.36. The third-order valence-corrected chi connectivity index (χ3v) is 4.39. The van der Waals surface area contributed by atoms with Crippen molar-refractivity contribution in [1.82, 2.24) is 14.9 Å². The van der Waals surface area contributed by atoms with E-state index in [2.05, 4.69) is 34.6 Å². The molecule has 0 unspecified atom stereocenters. The van der Waals surface area contributed by atoms with Gasteiger partial charge in [0.05, 0.1) is 18.6 Å². The average molecular weight is 313 g/mol. The van der Waals surface area contributed by atoms with Gasteiger partial charge < -0.3 is 14.6 Å². The number of hydrogen-bond donors (Lipinski definition) is 1. The minimum Gasteiger partial charge on any atom is -0.381 e. The fraction of sp³-hybridized carbons (Fsp3) is 0.444. The van der Waals surface area contributed by atoms with Crippen molar-refractivity contribution in [3.63, 3.8) is 0 Å². The molecule has 2 atom stereocenters. The molecule has 0 bridgehead atoms. The summed E-state index contributed by atoms with van der Waals surface area (Å²) in [6, 6.07) is 8.20. The molecule has 0 aliphatic carbocycles. The predicted octanol–water partition coefficient (Wildman–Crippen LogP) is 2.78. The molecule has 3 rings (SSSR count). The maximum absolute atomic E-state index is 12.3. The zero-order valence-corrected chi connectivity index (χ0v) is 13.7. The Bertz CT molecular complexity index is 657. The Morgan fingerprint density at radius 1 is 1.39 bits per heavy atom. The number of ether oxygens (including phenoxy) is 1. The number of nitrogens with zero attached hydrogens (tertiary/aromatic N) is 2. The van der Waals surface area contributed by atoms with Gasteiger partial charge in [-0.15, -0.1) is 0 Å². The van der Waals surface area contributed by atoms with Gasteiger partial charge in [-0.3, -0.25) is 4.79 Å². The minimum absolute atomic E-state index is 0.0117. The lowest BCUT2D eigenvalue weighted by Gasteiger charge is -2.23. The molecule has 1 saturated heterocycles. The van der Waals surface area contributed by atoms with Gasteiger partial charge in [0, 0.05) is 24.7 Å². The van der Waals surface area contributed by atoms with E-state index in [9.17, 15) is 4.79 Å². The van der Waals surface area contributed by atoms with Crippen LogP contribution in [0.5, 0.6) is 0 Å². The van der Waals surface area contributed by atoms with Gasteiger partial charge in [0.15, 0.2) is 0 Å². The summed E-state index contributed by atoms with van der Waals surface area (Å²) >= 11 is 0. The molecule has 5 heteroatoms. The van der Waals surface area contributed by atoms with Crippen molar-refractivity contribution >= 4 is 5.91 Å². The molecule has 1 N–H and O–H groups in total. The largest absolute Gasteiger partial charge is 0.381 e. The quantitative estimate of drug-likeness (QED) is 0.944. The van der Waals surface area contributed by atoms with E-state index >= 15 is 0 Å². The lowest BCUT2D eigenvalue weighted by molar-refractivity contribution is -0.129. The summed E-state index contributed by atoms with van der Waals surface area (Å²) in [7, 11) is 0. The number of carbonyl (C=O) groups is 1. The summed E-state index contributed by atoms with van der Waals surface area (Å²) in [5.74, 6) is 1.03. The van der Waals surface area contributed by atoms with Crippen molar-refractivity contribution in [3.8, 4) is 5.69 Å². The van der Waals surface area contributed by atoms with Gasteiger partial charge in [0.1, 0.15) is 5.82 Å². The van der Waals surface area contributed by atoms with Gasteiger partial charge in [-0.1, -0.05) is 12.1 Å². The highest BCUT2D eigenvalue weighted by atomic mass is 16.5. The van der Waals surface area contributed by atoms with E-state index in [1.807, 2.05) is 24.6 Å². The summed E-state index contributed by atoms with van der Waals surface area (Å²) in [6.45, 7) is 5.30. The normalized spacial score (nSPS) is 19.3. The highest BCUT2D eigenvalue weighted by Gasteiger charge is 2.23. The molecule has 5 nitrogen and oxygen atoms in total. The van der Waals surface area contributed by atoms with Gasteiger partial charge in [-0.05, 0) is 44.4 Å². The fourth-order valence-corrected chi connectivity index (χ4v) is 2.94. The summed E-state index contributed by atoms with van der Waals surface area (Å²) in [5, 5.41) is 3.09. The van der Waals surface area contributed by atoms with Crippen LogP contribution in [0, 0.1) is 12.8 Å². The third-order valence-electron chi connectivity index (χ3n) is 4.39. The van der Waals surface area contributed by atoms with E-state index in [4.69, 9.17) is 4.74 Å². The van der Waals surface area contributed by atoms with Crippen LogP contribution in [-0.4, -0.2) is 28.7 Å². The van der Waals surface area contributed by atoms with Crippen LogP contribution in [0.1, 0.15) is 37.2 Å². The van der Waals surface area contributed by atoms with E-state index in [1.165, 1.54) is 0 Å². The number of aromatic nitrogens is 2. The van der Waals surface area contributed by atoms with Crippen LogP contribution in [0.25, 0.3) is 5.69 Å². The number of amides is 1. The molecule has 1 aromatic heterocycles. The first-order valence-corrected chi connectivity index (χ1v) is 8.13. The number of rotatable bonds is 4. The number of carbonyl (C=O) groups excluding carboxylic acids is 1. The van der Waals surface area contributed by atoms with Gasteiger partial charge in [-0.2, -0.15) is 0 Å². The Kier molecular flexibility index (Phi) is 4.76. The van der Waals surface area contributed by atoms with Crippen molar-refractivity contribution in [2.24, 2.45) is 5.92 Å². The van der Waals surface area contributed by atoms with Gasteiger partial charge in [0.25, 0.3) is 0 Å². The lowest BCUT2D eigenvalue weighted by atomic mass is 10.00. The maximum atomic E-state index is 12.3. The number of imidazole rings is 1. The van der Waals surface area contributed by atoms with Crippen LogP contribution in [0.3, 0.4) is 0 Å². The Balaban J connectivity index is 1.64. The molecule has 0 saturated carbocycles. The van der Waals surface area contributed by atoms with E-state index in [-0.39, 0.29) is 17.9 Å². The number of nitrogens with one attached hydrogen (secondary N) is 1. The zero-order valence-electron chi connectivity index (χ0n) is 13.7. The Labute approximate surface area is 136 Å². The second-order valence-corrected chi connectivity index (χ2v) is 6.08. The zero-order chi connectivity index (χ0) is 16.2. The highest BCUT2D eigenvalue weighted by molar-refractivity contribution is 5.79. The SMILES string of the molecule is Cc1nccn1-c1ccc([C@@H](C)NC(=O)[C@@H]2CCCOC2)cc1. The first-order valence-electron chi connectivity index (χ1n) is 8.13. The van der Waals surface area contributed by atoms with Crippen LogP contribution in [0.2, 0.25) is 0 Å². The van der Waals surface area contributed by atoms with Crippen molar-refractivity contribution in [2.75, 3.05) is 13.2 Å². The first-order chi connectivity index (χ1) is 11.1. The highest BCUT2D eigenvalue weighted by Crippen LogP contribution is 2.19. The summed E-state index contributed by atoms with van der Waals surface area (Å²) in [4.78, 5) is 16.5. The van der Waals surface area contributed by atoms with Crippen molar-refractivity contribution in [2.45, 2.75) is 32.7 Å². The Morgan fingerprint density at radius 3 is 2.78 bits per heavy atom. The van der Waals surface area contributed by atoms with Crippen LogP contribution >= 0.6 is 0 Å². The van der Waals surface area contributed by atoms with E-state index < -0.39 is 0 Å². The van der Waals surface area contributed by atoms with E-state index in [0.717, 1.165) is 36.5 Å². The minimum atomic E-state index is -0.0147. The molecule has 23 heavy (non-hydrogen) atoms. The molecule has 1 fully saturated rings. The van der Waals surface area contributed by atoms with Crippen molar-refractivity contribution < 1.29 is 9.53 Å². The predicted molar refractivity (Wildman–Crippen MR) is 88.4 cm³/mol. The fourth-order valence-electron chi connectivity index (χ4n) is 2.94. The van der Waals surface area contributed by atoms with E-state index in [1.54, 1.807) is 6.20 Å². The number of aryl methyl sites for hydroxylation is 1. The van der Waals surface area contributed by atoms with E-state index in [0.29, 0.717) is 6.61 Å². The van der Waals surface area contributed by atoms with Crippen LogP contribution < -0.4 is 5.32 Å². The molecule has 1 aliphatic rings. The molecule has 1 aromatic carbocycles. The standard InChI is InChI=1S/C18H23N3O2/c1-13(20-18(22)16-4-3-11-23-12-16)15-5-7-17(8-6-15)21-10-9-19-14(21)2/h5-10,13,16H,3-4,11-12H2,1-2H3,(H,20,22)/t13-,16-/m1/s1. The van der Waals surface area contributed by atoms with Crippen LogP contribution in [0.4, 0.5) is 0 Å². The van der Waals surface area contributed by atoms with Crippen molar-refractivity contribution in [3.05, 3.63) is 48.0 Å². The molecular weight excluding hydrogens is 290 g/mol. The van der Waals surface area contributed by atoms with Crippen LogP contribution in [-0.2, 0) is 9.53 Å². The second-order valence-electron chi connectivity index (χ2n) is 6.08. The van der Waals surface area contributed by atoms with Crippen molar-refractivity contribution in [1.29, 1.82) is 0 Å². The maximum Gasteiger partial charge on any atom is 0.225 e. The summed E-state index contributed by atoms with van der Waals surface area (Å²) in [6.07, 6.45) is 5.61. The number of benzene rings is 1. The first kappa shape index (κ1) is 15.7. The molecule has 2 heterocycles. The average Bonchev–Trinajstić information content (AvgIpc) is 3.02. The Morgan fingerprint density at radius 2 is 2.17 bits per heavy atom. The van der Waals surface area contributed by atoms with Crippen LogP contribution in [0.15, 0.2) is 36.7 Å². The van der Waals surface area contributed by atoms with Gasteiger partial charge in [0.2, 0.25) is 5.91 Å². The number of hydrogen-bond acceptors (Lipinski definition) is 3. The molecule has 0 radical (unpaired) electrons.